The first kappa shape index (κ1) is 15.8. The van der Waals surface area contributed by atoms with Gasteiger partial charge in [0.2, 0.25) is 0 Å². The van der Waals surface area contributed by atoms with Crippen LogP contribution >= 0.6 is 0 Å². The van der Waals surface area contributed by atoms with E-state index in [1.54, 1.807) is 26.4 Å². The van der Waals surface area contributed by atoms with E-state index in [1.807, 2.05) is 13.0 Å². The quantitative estimate of drug-likeness (QED) is 0.662. The number of nitrogens with two attached hydrogens (primary N) is 1. The Balaban J connectivity index is 2.99. The molecule has 0 amide bonds. The van der Waals surface area contributed by atoms with E-state index < -0.39 is 5.83 Å². The Labute approximate surface area is 118 Å². The molecule has 0 radical (unpaired) electrons. The topological polar surface area (TPSA) is 63.6 Å². The zero-order valence-electron chi connectivity index (χ0n) is 12.0. The standard InChI is InChI=1S/C15H19FN4/c1-5-13(16)15(17)20-11(3)7-12-6-10(2)8-19-14(12)9-18-4/h5-6,8-9H,3,7H2,1-2,4H3,(H2,17,20)/b13-5+,18-9?. The lowest BCUT2D eigenvalue weighted by Crippen LogP contribution is -2.13. The Kier molecular flexibility index (Phi) is 5.77. The van der Waals surface area contributed by atoms with Gasteiger partial charge in [0.25, 0.3) is 0 Å². The van der Waals surface area contributed by atoms with Gasteiger partial charge in [0.1, 0.15) is 0 Å². The molecule has 0 fully saturated rings. The summed E-state index contributed by atoms with van der Waals surface area (Å²) in [7, 11) is 1.68. The molecule has 0 saturated carbocycles. The molecule has 1 heterocycles. The molecule has 106 valence electrons. The van der Waals surface area contributed by atoms with Crippen molar-refractivity contribution in [3.05, 3.63) is 53.3 Å². The molecule has 0 unspecified atom stereocenters. The Bertz CT molecular complexity index is 586. The summed E-state index contributed by atoms with van der Waals surface area (Å²) in [6.07, 6.45) is 5.13. The average molecular weight is 274 g/mol. The summed E-state index contributed by atoms with van der Waals surface area (Å²) in [6.45, 7) is 7.31. The summed E-state index contributed by atoms with van der Waals surface area (Å²) >= 11 is 0. The van der Waals surface area contributed by atoms with Crippen LogP contribution in [0.5, 0.6) is 0 Å². The van der Waals surface area contributed by atoms with Crippen molar-refractivity contribution in [3.8, 4) is 0 Å². The van der Waals surface area contributed by atoms with Crippen LogP contribution in [0.3, 0.4) is 0 Å². The number of aryl methyl sites for hydroxylation is 1. The van der Waals surface area contributed by atoms with Crippen LogP contribution in [0.2, 0.25) is 0 Å². The van der Waals surface area contributed by atoms with E-state index in [-0.39, 0.29) is 5.84 Å². The number of aliphatic imine (C=N–C) groups is 2. The van der Waals surface area contributed by atoms with Crippen molar-refractivity contribution in [3.63, 3.8) is 0 Å². The van der Waals surface area contributed by atoms with Crippen molar-refractivity contribution in [1.29, 1.82) is 0 Å². The van der Waals surface area contributed by atoms with Crippen molar-refractivity contribution in [2.24, 2.45) is 15.7 Å². The lowest BCUT2D eigenvalue weighted by atomic mass is 10.1. The second-order valence-corrected chi connectivity index (χ2v) is 4.32. The first-order valence-corrected chi connectivity index (χ1v) is 6.19. The maximum Gasteiger partial charge on any atom is 0.160 e. The number of rotatable bonds is 5. The molecule has 0 bridgehead atoms. The molecular formula is C15H19FN4. The van der Waals surface area contributed by atoms with Crippen LogP contribution in [-0.2, 0) is 6.42 Å². The molecule has 20 heavy (non-hydrogen) atoms. The number of nitrogens with zero attached hydrogens (tertiary/aromatic N) is 3. The van der Waals surface area contributed by atoms with Crippen LogP contribution in [0.25, 0.3) is 0 Å². The van der Waals surface area contributed by atoms with Gasteiger partial charge in [0.15, 0.2) is 11.7 Å². The normalized spacial score (nSPS) is 13.0. The maximum absolute atomic E-state index is 13.2. The largest absolute Gasteiger partial charge is 0.381 e. The highest BCUT2D eigenvalue weighted by Crippen LogP contribution is 2.13. The van der Waals surface area contributed by atoms with Gasteiger partial charge in [-0.05, 0) is 31.1 Å². The monoisotopic (exact) mass is 274 g/mol. The Morgan fingerprint density at radius 3 is 2.85 bits per heavy atom. The van der Waals surface area contributed by atoms with Crippen molar-refractivity contribution < 1.29 is 4.39 Å². The predicted molar refractivity (Wildman–Crippen MR) is 81.8 cm³/mol. The minimum atomic E-state index is -0.552. The summed E-state index contributed by atoms with van der Waals surface area (Å²) in [6, 6.07) is 1.98. The molecule has 0 atom stereocenters. The molecule has 2 N–H and O–H groups in total. The Hall–Kier alpha value is -2.30. The van der Waals surface area contributed by atoms with Gasteiger partial charge in [-0.15, -0.1) is 0 Å². The summed E-state index contributed by atoms with van der Waals surface area (Å²) in [5.74, 6) is -0.715. The molecule has 0 aliphatic carbocycles. The van der Waals surface area contributed by atoms with Crippen LogP contribution < -0.4 is 5.73 Å². The van der Waals surface area contributed by atoms with Crippen LogP contribution in [-0.4, -0.2) is 24.1 Å². The average Bonchev–Trinajstić information content (AvgIpc) is 2.40. The van der Waals surface area contributed by atoms with E-state index in [0.29, 0.717) is 12.1 Å². The molecule has 1 aromatic heterocycles. The molecule has 0 aromatic carbocycles. The highest BCUT2D eigenvalue weighted by Gasteiger charge is 2.06. The van der Waals surface area contributed by atoms with Gasteiger partial charge in [-0.1, -0.05) is 12.6 Å². The van der Waals surface area contributed by atoms with E-state index in [4.69, 9.17) is 5.73 Å². The molecule has 1 aromatic rings. The lowest BCUT2D eigenvalue weighted by Gasteiger charge is -2.07. The predicted octanol–water partition coefficient (Wildman–Crippen LogP) is 2.73. The summed E-state index contributed by atoms with van der Waals surface area (Å²) in [5.41, 5.74) is 8.69. The molecule has 0 aliphatic heterocycles. The number of hydrogen-bond acceptors (Lipinski definition) is 3. The fourth-order valence-corrected chi connectivity index (χ4v) is 1.65. The van der Waals surface area contributed by atoms with E-state index >= 15 is 0 Å². The number of amidine groups is 1. The highest BCUT2D eigenvalue weighted by atomic mass is 19.1. The zero-order chi connectivity index (χ0) is 15.1. The second kappa shape index (κ2) is 7.33. The van der Waals surface area contributed by atoms with Crippen LogP contribution in [0.4, 0.5) is 4.39 Å². The van der Waals surface area contributed by atoms with Gasteiger partial charge in [-0.2, -0.15) is 0 Å². The van der Waals surface area contributed by atoms with Gasteiger partial charge in [0, 0.05) is 31.6 Å². The summed E-state index contributed by atoms with van der Waals surface area (Å²) in [5, 5.41) is 0. The molecular weight excluding hydrogens is 255 g/mol. The van der Waals surface area contributed by atoms with E-state index in [9.17, 15) is 4.39 Å². The van der Waals surface area contributed by atoms with Gasteiger partial charge in [-0.3, -0.25) is 9.98 Å². The minimum absolute atomic E-state index is 0.163. The first-order chi connectivity index (χ1) is 9.47. The van der Waals surface area contributed by atoms with E-state index in [0.717, 1.165) is 16.8 Å². The molecule has 1 rings (SSSR count). The van der Waals surface area contributed by atoms with Crippen molar-refractivity contribution >= 4 is 12.1 Å². The van der Waals surface area contributed by atoms with E-state index in [1.165, 1.54) is 6.08 Å². The smallest absolute Gasteiger partial charge is 0.160 e. The minimum Gasteiger partial charge on any atom is -0.381 e. The van der Waals surface area contributed by atoms with Gasteiger partial charge in [-0.25, -0.2) is 9.38 Å². The summed E-state index contributed by atoms with van der Waals surface area (Å²) in [4.78, 5) is 12.2. The fraction of sp³-hybridized carbons (Fsp3) is 0.267. The molecule has 4 nitrogen and oxygen atoms in total. The zero-order valence-corrected chi connectivity index (χ0v) is 12.0. The second-order valence-electron chi connectivity index (χ2n) is 4.32. The molecule has 0 spiro atoms. The third-order valence-corrected chi connectivity index (χ3v) is 2.56. The number of allylic oxidation sites excluding steroid dienone is 2. The van der Waals surface area contributed by atoms with Gasteiger partial charge in [0.05, 0.1) is 5.69 Å². The highest BCUT2D eigenvalue weighted by molar-refractivity contribution is 5.95. The molecule has 0 saturated heterocycles. The number of hydrogen-bond donors (Lipinski definition) is 1. The van der Waals surface area contributed by atoms with Crippen LogP contribution in [0.15, 0.2) is 46.4 Å². The first-order valence-electron chi connectivity index (χ1n) is 6.19. The van der Waals surface area contributed by atoms with Crippen molar-refractivity contribution in [2.75, 3.05) is 7.05 Å². The number of halogens is 1. The van der Waals surface area contributed by atoms with E-state index in [2.05, 4.69) is 21.5 Å². The van der Waals surface area contributed by atoms with Crippen LogP contribution in [0.1, 0.15) is 23.7 Å². The van der Waals surface area contributed by atoms with Crippen LogP contribution in [0, 0.1) is 6.92 Å². The number of pyridine rings is 1. The van der Waals surface area contributed by atoms with Crippen molar-refractivity contribution in [2.45, 2.75) is 20.3 Å². The lowest BCUT2D eigenvalue weighted by molar-refractivity contribution is 0.676. The Morgan fingerprint density at radius 1 is 1.55 bits per heavy atom. The third kappa shape index (κ3) is 4.42. The SMILES string of the molecule is C=C(Cc1cc(C)cnc1C=NC)N=C(N)/C(F)=C\C. The van der Waals surface area contributed by atoms with Crippen molar-refractivity contribution in [1.82, 2.24) is 4.98 Å². The number of aromatic nitrogens is 1. The summed E-state index contributed by atoms with van der Waals surface area (Å²) < 4.78 is 13.2. The maximum atomic E-state index is 13.2. The van der Waals surface area contributed by atoms with Gasteiger partial charge >= 0.3 is 0 Å². The molecule has 5 heteroatoms. The molecule has 0 aliphatic rings. The fourth-order valence-electron chi connectivity index (χ4n) is 1.65. The third-order valence-electron chi connectivity index (χ3n) is 2.56. The Morgan fingerprint density at radius 2 is 2.25 bits per heavy atom. The van der Waals surface area contributed by atoms with Gasteiger partial charge < -0.3 is 5.73 Å².